The summed E-state index contributed by atoms with van der Waals surface area (Å²) in [5, 5.41) is 2.48. The van der Waals surface area contributed by atoms with E-state index in [-0.39, 0.29) is 51.0 Å². The van der Waals surface area contributed by atoms with Gasteiger partial charge in [0.05, 0.1) is 11.3 Å². The number of halogens is 3. The molecule has 1 fully saturated rings. The molecular formula is C17H24F3N3O4S. The van der Waals surface area contributed by atoms with Crippen LogP contribution < -0.4 is 10.2 Å². The van der Waals surface area contributed by atoms with E-state index in [1.54, 1.807) is 17.9 Å². The molecule has 0 spiro atoms. The van der Waals surface area contributed by atoms with E-state index < -0.39 is 21.8 Å². The molecule has 11 heteroatoms. The van der Waals surface area contributed by atoms with E-state index in [0.29, 0.717) is 12.3 Å². The molecule has 1 aliphatic heterocycles. The number of anilines is 1. The number of sulfonamides is 1. The normalized spacial score (nSPS) is 16.2. The predicted octanol–water partition coefficient (Wildman–Crippen LogP) is 1.31. The number of piperazine rings is 1. The number of benzene rings is 1. The second-order valence-electron chi connectivity index (χ2n) is 6.24. The minimum Gasteiger partial charge on any atom is -0.372 e. The van der Waals surface area contributed by atoms with Crippen molar-refractivity contribution in [1.29, 1.82) is 0 Å². The quantitative estimate of drug-likeness (QED) is 0.682. The van der Waals surface area contributed by atoms with Crippen LogP contribution >= 0.6 is 0 Å². The highest BCUT2D eigenvalue weighted by molar-refractivity contribution is 7.89. The molecule has 1 saturated heterocycles. The maximum absolute atomic E-state index is 12.9. The van der Waals surface area contributed by atoms with E-state index in [4.69, 9.17) is 4.74 Å². The second-order valence-corrected chi connectivity index (χ2v) is 8.33. The molecule has 158 valence electrons. The van der Waals surface area contributed by atoms with Gasteiger partial charge in [-0.15, -0.1) is 0 Å². The molecule has 0 unspecified atom stereocenters. The van der Waals surface area contributed by atoms with Gasteiger partial charge in [0, 0.05) is 45.0 Å². The third kappa shape index (κ3) is 6.35. The molecular weight excluding hydrogens is 399 g/mol. The van der Waals surface area contributed by atoms with Gasteiger partial charge in [-0.2, -0.15) is 17.5 Å². The van der Waals surface area contributed by atoms with Gasteiger partial charge in [-0.3, -0.25) is 4.79 Å². The van der Waals surface area contributed by atoms with Crippen molar-refractivity contribution in [3.8, 4) is 0 Å². The molecule has 1 aliphatic rings. The summed E-state index contributed by atoms with van der Waals surface area (Å²) in [6, 6.07) is 4.99. The van der Waals surface area contributed by atoms with Crippen LogP contribution in [0.2, 0.25) is 0 Å². The fraction of sp³-hybridized carbons (Fsp3) is 0.588. The van der Waals surface area contributed by atoms with E-state index in [0.717, 1.165) is 12.1 Å². The number of hydrogen-bond acceptors (Lipinski definition) is 5. The summed E-state index contributed by atoms with van der Waals surface area (Å²) in [5.74, 6) is -0.625. The lowest BCUT2D eigenvalue weighted by Gasteiger charge is -2.35. The molecule has 0 aromatic heterocycles. The first kappa shape index (κ1) is 22.4. The highest BCUT2D eigenvalue weighted by Gasteiger charge is 2.32. The molecule has 1 amide bonds. The average molecular weight is 423 g/mol. The van der Waals surface area contributed by atoms with Gasteiger partial charge in [0.15, 0.2) is 0 Å². The Bertz CT molecular complexity index is 763. The molecule has 0 radical (unpaired) electrons. The van der Waals surface area contributed by atoms with Crippen molar-refractivity contribution in [3.63, 3.8) is 0 Å². The molecule has 0 aliphatic carbocycles. The SMILES string of the molecule is CCOCC(=O)NCCS(=O)(=O)N1CCN(c2cccc(C(F)(F)F)c2)CC1. The topological polar surface area (TPSA) is 78.9 Å². The summed E-state index contributed by atoms with van der Waals surface area (Å²) < 4.78 is 69.6. The van der Waals surface area contributed by atoms with E-state index in [1.807, 2.05) is 0 Å². The van der Waals surface area contributed by atoms with Crippen molar-refractivity contribution in [2.24, 2.45) is 0 Å². The first-order valence-corrected chi connectivity index (χ1v) is 10.5. The lowest BCUT2D eigenvalue weighted by molar-refractivity contribution is -0.137. The van der Waals surface area contributed by atoms with Gasteiger partial charge in [-0.1, -0.05) is 6.07 Å². The van der Waals surface area contributed by atoms with Crippen LogP contribution in [0, 0.1) is 0 Å². The van der Waals surface area contributed by atoms with Crippen molar-refractivity contribution in [2.75, 3.05) is 56.6 Å². The van der Waals surface area contributed by atoms with Gasteiger partial charge in [-0.05, 0) is 25.1 Å². The van der Waals surface area contributed by atoms with Gasteiger partial charge in [-0.25, -0.2) is 8.42 Å². The van der Waals surface area contributed by atoms with E-state index >= 15 is 0 Å². The molecule has 1 aromatic rings. The van der Waals surface area contributed by atoms with E-state index in [9.17, 15) is 26.4 Å². The Balaban J connectivity index is 1.86. The van der Waals surface area contributed by atoms with Crippen LogP contribution in [0.5, 0.6) is 0 Å². The van der Waals surface area contributed by atoms with Gasteiger partial charge < -0.3 is 15.0 Å². The number of nitrogens with zero attached hydrogens (tertiary/aromatic N) is 2. The maximum Gasteiger partial charge on any atom is 0.416 e. The molecule has 0 saturated carbocycles. The second kappa shape index (κ2) is 9.57. The molecule has 1 N–H and O–H groups in total. The largest absolute Gasteiger partial charge is 0.416 e. The number of carbonyl (C=O) groups is 1. The zero-order valence-electron chi connectivity index (χ0n) is 15.5. The number of nitrogens with one attached hydrogen (secondary N) is 1. The Morgan fingerprint density at radius 1 is 1.21 bits per heavy atom. The fourth-order valence-electron chi connectivity index (χ4n) is 2.80. The first-order valence-electron chi connectivity index (χ1n) is 8.88. The summed E-state index contributed by atoms with van der Waals surface area (Å²) in [6.07, 6.45) is -4.42. The summed E-state index contributed by atoms with van der Waals surface area (Å²) in [4.78, 5) is 13.2. The standard InChI is InChI=1S/C17H24F3N3O4S/c1-2-27-13-16(24)21-6-11-28(25,26)23-9-7-22(8-10-23)15-5-3-4-14(12-15)17(18,19)20/h3-5,12H,2,6-11,13H2,1H3,(H,21,24). The highest BCUT2D eigenvalue weighted by Crippen LogP contribution is 2.31. The summed E-state index contributed by atoms with van der Waals surface area (Å²) in [6.45, 7) is 2.92. The van der Waals surface area contributed by atoms with Crippen LogP contribution in [0.1, 0.15) is 12.5 Å². The van der Waals surface area contributed by atoms with Gasteiger partial charge >= 0.3 is 6.18 Å². The molecule has 0 atom stereocenters. The number of rotatable bonds is 8. The lowest BCUT2D eigenvalue weighted by atomic mass is 10.1. The molecule has 1 heterocycles. The molecule has 2 rings (SSSR count). The number of alkyl halides is 3. The van der Waals surface area contributed by atoms with Gasteiger partial charge in [0.25, 0.3) is 0 Å². The zero-order chi connectivity index (χ0) is 20.8. The van der Waals surface area contributed by atoms with Crippen LogP contribution in [0.4, 0.5) is 18.9 Å². The van der Waals surface area contributed by atoms with Crippen molar-refractivity contribution in [2.45, 2.75) is 13.1 Å². The molecule has 1 aromatic carbocycles. The van der Waals surface area contributed by atoms with Crippen molar-refractivity contribution in [1.82, 2.24) is 9.62 Å². The third-order valence-electron chi connectivity index (χ3n) is 4.29. The van der Waals surface area contributed by atoms with Crippen molar-refractivity contribution >= 4 is 21.6 Å². The average Bonchev–Trinajstić information content (AvgIpc) is 2.66. The lowest BCUT2D eigenvalue weighted by Crippen LogP contribution is -2.50. The Labute approximate surface area is 162 Å². The monoisotopic (exact) mass is 423 g/mol. The summed E-state index contributed by atoms with van der Waals surface area (Å²) in [7, 11) is -3.57. The number of hydrogen-bond donors (Lipinski definition) is 1. The van der Waals surface area contributed by atoms with Gasteiger partial charge in [0.1, 0.15) is 6.61 Å². The number of carbonyl (C=O) groups excluding carboxylic acids is 1. The Kier molecular flexibility index (Phi) is 7.67. The van der Waals surface area contributed by atoms with Crippen molar-refractivity contribution < 1.29 is 31.1 Å². The Hall–Kier alpha value is -1.85. The molecule has 28 heavy (non-hydrogen) atoms. The minimum absolute atomic E-state index is 0.0257. The minimum atomic E-state index is -4.42. The Morgan fingerprint density at radius 3 is 2.50 bits per heavy atom. The molecule has 7 nitrogen and oxygen atoms in total. The van der Waals surface area contributed by atoms with Crippen LogP contribution in [0.15, 0.2) is 24.3 Å². The van der Waals surface area contributed by atoms with Crippen LogP contribution in [-0.2, 0) is 25.7 Å². The van der Waals surface area contributed by atoms with E-state index in [2.05, 4.69) is 5.32 Å². The number of amides is 1. The summed E-state index contributed by atoms with van der Waals surface area (Å²) in [5.41, 5.74) is -0.321. The number of ether oxygens (including phenoxy) is 1. The molecule has 0 bridgehead atoms. The predicted molar refractivity (Wildman–Crippen MR) is 98.5 cm³/mol. The summed E-state index contributed by atoms with van der Waals surface area (Å²) >= 11 is 0. The van der Waals surface area contributed by atoms with Gasteiger partial charge in [0.2, 0.25) is 15.9 Å². The van der Waals surface area contributed by atoms with Crippen LogP contribution in [-0.4, -0.2) is 70.3 Å². The van der Waals surface area contributed by atoms with Crippen molar-refractivity contribution in [3.05, 3.63) is 29.8 Å². The zero-order valence-corrected chi connectivity index (χ0v) is 16.4. The smallest absolute Gasteiger partial charge is 0.372 e. The maximum atomic E-state index is 12.9. The highest BCUT2D eigenvalue weighted by atomic mass is 32.2. The van der Waals surface area contributed by atoms with E-state index in [1.165, 1.54) is 10.4 Å². The van der Waals surface area contributed by atoms with Crippen LogP contribution in [0.3, 0.4) is 0 Å². The Morgan fingerprint density at radius 2 is 1.89 bits per heavy atom. The first-order chi connectivity index (χ1) is 13.1. The fourth-order valence-corrected chi connectivity index (χ4v) is 4.14. The van der Waals surface area contributed by atoms with Crippen LogP contribution in [0.25, 0.3) is 0 Å². The third-order valence-corrected chi connectivity index (χ3v) is 6.16.